The summed E-state index contributed by atoms with van der Waals surface area (Å²) in [4.78, 5) is 66.4. The van der Waals surface area contributed by atoms with E-state index < -0.39 is 11.1 Å². The topological polar surface area (TPSA) is 145 Å². The highest BCUT2D eigenvalue weighted by Gasteiger charge is 2.23. The van der Waals surface area contributed by atoms with Crippen molar-refractivity contribution in [2.45, 2.75) is 13.8 Å². The predicted octanol–water partition coefficient (Wildman–Crippen LogP) is 7.29. The minimum absolute atomic E-state index is 0.172. The number of benzene rings is 4. The van der Waals surface area contributed by atoms with Crippen LogP contribution in [-0.2, 0) is 0 Å². The first-order chi connectivity index (χ1) is 28.8. The number of H-pyrrole nitrogens is 2. The van der Waals surface area contributed by atoms with Crippen molar-refractivity contribution in [3.05, 3.63) is 203 Å². The summed E-state index contributed by atoms with van der Waals surface area (Å²) in [5.74, 6) is 0.616. The van der Waals surface area contributed by atoms with Gasteiger partial charge in [-0.05, 0) is 107 Å². The fraction of sp³-hybridized carbons (Fsp3) is 0.0426. The number of aromatic amines is 2. The molecule has 0 bridgehead atoms. The van der Waals surface area contributed by atoms with Crippen molar-refractivity contribution in [2.24, 2.45) is 0 Å². The van der Waals surface area contributed by atoms with E-state index in [4.69, 9.17) is 0 Å². The summed E-state index contributed by atoms with van der Waals surface area (Å²) in [6.45, 7) is 3.42. The molecular formula is C47H32N8O4. The molecule has 2 N–H and O–H groups in total. The first-order valence-electron chi connectivity index (χ1n) is 18.8. The standard InChI is InChI=1S/C47H32N8O4/c1-28-36(44(56)52(38-18-7-9-24-48-38)42-40(28)46(58)54(50-42)34-22-20-30-12-3-5-14-32(30)26-34)16-11-17-37-29(2)41-43(53(45(37)57)39-19-8-10-25-49-39)51-55(47(41)59)35-23-21-31-13-4-6-15-33(31)27-35/h3-10,12-27,50-51H,1-2H3. The maximum Gasteiger partial charge on any atom is 0.281 e. The monoisotopic (exact) mass is 772 g/mol. The maximum absolute atomic E-state index is 14.5. The Bertz CT molecular complexity index is 3420. The number of aromatic nitrogens is 8. The van der Waals surface area contributed by atoms with Gasteiger partial charge in [0.1, 0.15) is 22.9 Å². The fourth-order valence-electron chi connectivity index (χ4n) is 7.84. The van der Waals surface area contributed by atoms with E-state index in [-0.39, 0.29) is 44.3 Å². The van der Waals surface area contributed by atoms with Crippen LogP contribution in [0.3, 0.4) is 0 Å². The van der Waals surface area contributed by atoms with Crippen LogP contribution in [0, 0.1) is 13.8 Å². The minimum Gasteiger partial charge on any atom is -0.275 e. The highest BCUT2D eigenvalue weighted by Crippen LogP contribution is 2.24. The summed E-state index contributed by atoms with van der Waals surface area (Å²) >= 11 is 0. The zero-order chi connectivity index (χ0) is 40.4. The van der Waals surface area contributed by atoms with E-state index in [1.165, 1.54) is 30.6 Å². The number of hydrogen-bond acceptors (Lipinski definition) is 6. The molecule has 0 aliphatic carbocycles. The van der Waals surface area contributed by atoms with Gasteiger partial charge < -0.3 is 0 Å². The number of nitrogens with one attached hydrogen (secondary N) is 2. The van der Waals surface area contributed by atoms with Crippen molar-refractivity contribution in [2.75, 3.05) is 0 Å². The first kappa shape index (κ1) is 35.1. The van der Waals surface area contributed by atoms with E-state index >= 15 is 0 Å². The first-order valence-corrected chi connectivity index (χ1v) is 18.8. The van der Waals surface area contributed by atoms with Crippen LogP contribution in [0.15, 0.2) is 159 Å². The number of hydrogen-bond donors (Lipinski definition) is 2. The van der Waals surface area contributed by atoms with Gasteiger partial charge in [-0.25, -0.2) is 28.5 Å². The molecule has 0 aliphatic heterocycles. The van der Waals surface area contributed by atoms with E-state index in [1.807, 2.05) is 84.9 Å². The fourth-order valence-corrected chi connectivity index (χ4v) is 7.84. The molecule has 0 saturated carbocycles. The summed E-state index contributed by atoms with van der Waals surface area (Å²) in [6.07, 6.45) is 6.06. The van der Waals surface area contributed by atoms with Gasteiger partial charge in [-0.3, -0.25) is 29.4 Å². The molecular weight excluding hydrogens is 741 g/mol. The molecule has 0 unspecified atom stereocenters. The Morgan fingerprint density at radius 1 is 0.492 bits per heavy atom. The molecule has 12 nitrogen and oxygen atoms in total. The van der Waals surface area contributed by atoms with Crippen molar-refractivity contribution in [3.8, 4) is 23.0 Å². The lowest BCUT2D eigenvalue weighted by Crippen LogP contribution is -2.24. The molecule has 0 atom stereocenters. The third-order valence-corrected chi connectivity index (χ3v) is 10.8. The van der Waals surface area contributed by atoms with Gasteiger partial charge in [-0.15, -0.1) is 5.73 Å². The molecule has 4 aromatic carbocycles. The van der Waals surface area contributed by atoms with Crippen LogP contribution in [-0.4, -0.2) is 38.7 Å². The van der Waals surface area contributed by atoms with Crippen LogP contribution in [0.2, 0.25) is 0 Å². The average Bonchev–Trinajstić information content (AvgIpc) is 3.79. The number of nitrogens with zero attached hydrogens (tertiary/aromatic N) is 6. The number of fused-ring (bicyclic) bond motifs is 4. The van der Waals surface area contributed by atoms with Gasteiger partial charge in [-0.1, -0.05) is 72.8 Å². The highest BCUT2D eigenvalue weighted by atomic mass is 16.1. The normalized spacial score (nSPS) is 11.4. The summed E-state index contributed by atoms with van der Waals surface area (Å²) in [6, 6.07) is 37.5. The van der Waals surface area contributed by atoms with Gasteiger partial charge in [0.2, 0.25) is 0 Å². The zero-order valence-electron chi connectivity index (χ0n) is 31.7. The Kier molecular flexibility index (Phi) is 8.15. The smallest absolute Gasteiger partial charge is 0.275 e. The Labute approximate surface area is 333 Å². The molecule has 284 valence electrons. The third-order valence-electron chi connectivity index (χ3n) is 10.8. The van der Waals surface area contributed by atoms with Gasteiger partial charge in [0.05, 0.1) is 33.3 Å². The van der Waals surface area contributed by atoms with Crippen LogP contribution in [0.5, 0.6) is 0 Å². The van der Waals surface area contributed by atoms with Crippen molar-refractivity contribution < 1.29 is 0 Å². The molecule has 0 spiro atoms. The largest absolute Gasteiger partial charge is 0.281 e. The Balaban J connectivity index is 1.18. The van der Waals surface area contributed by atoms with Crippen molar-refractivity contribution >= 4 is 55.8 Å². The second-order valence-electron chi connectivity index (χ2n) is 14.2. The molecule has 10 aromatic rings. The van der Waals surface area contributed by atoms with Gasteiger partial charge in [0.25, 0.3) is 22.2 Å². The summed E-state index contributed by atoms with van der Waals surface area (Å²) in [5.41, 5.74) is 4.38. The molecule has 0 aliphatic rings. The minimum atomic E-state index is -0.455. The van der Waals surface area contributed by atoms with E-state index in [2.05, 4.69) is 25.9 Å². The lowest BCUT2D eigenvalue weighted by molar-refractivity contribution is 0.843. The molecule has 12 heteroatoms. The van der Waals surface area contributed by atoms with Crippen molar-refractivity contribution in [1.29, 1.82) is 0 Å². The van der Waals surface area contributed by atoms with E-state index in [0.29, 0.717) is 34.1 Å². The molecule has 0 amide bonds. The number of rotatable bonds is 6. The SMILES string of the molecule is Cc1c(C=C=Cc2c(C)c3c(=O)n(-c4ccc5ccccc5c4)[nH]c3n(-c3ccccn3)c2=O)c(=O)n(-c2ccccn2)c2[nH]n(-c3ccc4ccccc4c3)c(=O)c12. The lowest BCUT2D eigenvalue weighted by Gasteiger charge is -2.10. The highest BCUT2D eigenvalue weighted by molar-refractivity contribution is 5.88. The maximum atomic E-state index is 14.5. The summed E-state index contributed by atoms with van der Waals surface area (Å²) < 4.78 is 5.59. The van der Waals surface area contributed by atoms with Gasteiger partial charge in [-0.2, -0.15) is 0 Å². The molecule has 6 heterocycles. The van der Waals surface area contributed by atoms with E-state index in [1.54, 1.807) is 62.6 Å². The molecule has 59 heavy (non-hydrogen) atoms. The summed E-state index contributed by atoms with van der Waals surface area (Å²) in [7, 11) is 0. The Morgan fingerprint density at radius 3 is 1.31 bits per heavy atom. The zero-order valence-corrected chi connectivity index (χ0v) is 31.7. The Hall–Kier alpha value is -8.34. The number of aryl methyl sites for hydroxylation is 2. The number of pyridine rings is 4. The average molecular weight is 773 g/mol. The second-order valence-corrected chi connectivity index (χ2v) is 14.2. The van der Waals surface area contributed by atoms with E-state index in [0.717, 1.165) is 21.5 Å². The molecule has 0 fully saturated rings. The summed E-state index contributed by atoms with van der Waals surface area (Å²) in [5, 5.41) is 10.9. The second kappa shape index (κ2) is 13.7. The molecule has 6 aromatic heterocycles. The van der Waals surface area contributed by atoms with Crippen LogP contribution >= 0.6 is 0 Å². The van der Waals surface area contributed by atoms with Crippen molar-refractivity contribution in [1.82, 2.24) is 38.7 Å². The molecule has 0 saturated heterocycles. The van der Waals surface area contributed by atoms with Gasteiger partial charge >= 0.3 is 0 Å². The molecule has 10 rings (SSSR count). The predicted molar refractivity (Wildman–Crippen MR) is 232 cm³/mol. The Morgan fingerprint density at radius 2 is 0.898 bits per heavy atom. The molecule has 0 radical (unpaired) electrons. The van der Waals surface area contributed by atoms with Crippen molar-refractivity contribution in [3.63, 3.8) is 0 Å². The quantitative estimate of drug-likeness (QED) is 0.170. The van der Waals surface area contributed by atoms with Gasteiger partial charge in [0, 0.05) is 12.4 Å². The van der Waals surface area contributed by atoms with E-state index in [9.17, 15) is 19.2 Å². The lowest BCUT2D eigenvalue weighted by atomic mass is 10.1. The van der Waals surface area contributed by atoms with Crippen LogP contribution in [0.4, 0.5) is 0 Å². The third kappa shape index (κ3) is 5.62. The van der Waals surface area contributed by atoms with Crippen LogP contribution in [0.25, 0.3) is 78.8 Å². The van der Waals surface area contributed by atoms with Gasteiger partial charge in [0.15, 0.2) is 0 Å². The van der Waals surface area contributed by atoms with Crippen LogP contribution < -0.4 is 22.2 Å². The van der Waals surface area contributed by atoms with Crippen LogP contribution in [0.1, 0.15) is 22.3 Å².